The second-order valence-corrected chi connectivity index (χ2v) is 7.05. The Kier molecular flexibility index (Phi) is 6.97. The van der Waals surface area contributed by atoms with Crippen molar-refractivity contribution in [2.45, 2.75) is 25.0 Å². The fourth-order valence-corrected chi connectivity index (χ4v) is 3.67. The number of hydrogen-bond donors (Lipinski definition) is 0. The smallest absolute Gasteiger partial charge is 0.237 e. The molecule has 2 aromatic heterocycles. The molecule has 0 N–H and O–H groups in total. The fraction of sp³-hybridized carbons (Fsp3) is 0.238. The lowest BCUT2D eigenvalue weighted by Gasteiger charge is -2.21. The van der Waals surface area contributed by atoms with Crippen LogP contribution in [-0.4, -0.2) is 38.0 Å². The van der Waals surface area contributed by atoms with Crippen LogP contribution in [0.3, 0.4) is 0 Å². The lowest BCUT2D eigenvalue weighted by atomic mass is 10.2. The average molecular weight is 394 g/mol. The molecular formula is C21H23N5OS. The SMILES string of the molecule is C=CCN(C(=O)CSc1nnc(-c2ccncc2)n1CCC)c1ccccc1. The summed E-state index contributed by atoms with van der Waals surface area (Å²) in [5.74, 6) is 1.08. The van der Waals surface area contributed by atoms with E-state index in [1.807, 2.05) is 42.5 Å². The van der Waals surface area contributed by atoms with Gasteiger partial charge in [0.1, 0.15) is 0 Å². The van der Waals surface area contributed by atoms with Gasteiger partial charge in [0.05, 0.1) is 5.75 Å². The first-order valence-corrected chi connectivity index (χ1v) is 10.2. The molecular weight excluding hydrogens is 370 g/mol. The number of hydrogen-bond acceptors (Lipinski definition) is 5. The molecule has 0 saturated heterocycles. The number of aromatic nitrogens is 4. The minimum Gasteiger partial charge on any atom is -0.308 e. The molecule has 0 fully saturated rings. The van der Waals surface area contributed by atoms with Crippen LogP contribution >= 0.6 is 11.8 Å². The highest BCUT2D eigenvalue weighted by molar-refractivity contribution is 7.99. The van der Waals surface area contributed by atoms with Crippen molar-refractivity contribution in [2.24, 2.45) is 0 Å². The predicted molar refractivity (Wildman–Crippen MR) is 113 cm³/mol. The van der Waals surface area contributed by atoms with Crippen molar-refractivity contribution in [3.05, 3.63) is 67.5 Å². The molecule has 0 spiro atoms. The van der Waals surface area contributed by atoms with Gasteiger partial charge in [0.15, 0.2) is 11.0 Å². The van der Waals surface area contributed by atoms with Gasteiger partial charge in [-0.15, -0.1) is 16.8 Å². The van der Waals surface area contributed by atoms with E-state index in [0.717, 1.165) is 35.2 Å². The Morgan fingerprint density at radius 3 is 2.61 bits per heavy atom. The second kappa shape index (κ2) is 9.85. The largest absolute Gasteiger partial charge is 0.308 e. The summed E-state index contributed by atoms with van der Waals surface area (Å²) in [6.45, 7) is 7.13. The quantitative estimate of drug-likeness (QED) is 0.405. The standard InChI is InChI=1S/C21H23N5OS/c1-3-14-25(18-8-6-5-7-9-18)19(27)16-28-21-24-23-20(26(21)15-4-2)17-10-12-22-13-11-17/h3,5-13H,1,4,14-16H2,2H3. The third kappa shape index (κ3) is 4.67. The van der Waals surface area contributed by atoms with Gasteiger partial charge >= 0.3 is 0 Å². The summed E-state index contributed by atoms with van der Waals surface area (Å²) in [6, 6.07) is 13.5. The summed E-state index contributed by atoms with van der Waals surface area (Å²) in [6.07, 6.45) is 6.16. The molecule has 7 heteroatoms. The van der Waals surface area contributed by atoms with Gasteiger partial charge in [-0.3, -0.25) is 9.78 Å². The van der Waals surface area contributed by atoms with Crippen LogP contribution in [-0.2, 0) is 11.3 Å². The van der Waals surface area contributed by atoms with E-state index in [0.29, 0.717) is 6.54 Å². The lowest BCUT2D eigenvalue weighted by Crippen LogP contribution is -2.32. The molecule has 0 radical (unpaired) electrons. The third-order valence-corrected chi connectivity index (χ3v) is 5.06. The van der Waals surface area contributed by atoms with Crippen LogP contribution in [0.25, 0.3) is 11.4 Å². The maximum absolute atomic E-state index is 12.8. The average Bonchev–Trinajstić information content (AvgIpc) is 3.14. The highest BCUT2D eigenvalue weighted by atomic mass is 32.2. The van der Waals surface area contributed by atoms with Crippen molar-refractivity contribution in [1.29, 1.82) is 0 Å². The summed E-state index contributed by atoms with van der Waals surface area (Å²) in [5, 5.41) is 9.42. The first kappa shape index (κ1) is 19.8. The lowest BCUT2D eigenvalue weighted by molar-refractivity contribution is -0.116. The van der Waals surface area contributed by atoms with E-state index in [1.54, 1.807) is 23.4 Å². The van der Waals surface area contributed by atoms with E-state index in [9.17, 15) is 4.79 Å². The van der Waals surface area contributed by atoms with Gasteiger partial charge in [0, 0.05) is 36.7 Å². The Balaban J connectivity index is 1.77. The number of nitrogens with zero attached hydrogens (tertiary/aromatic N) is 5. The van der Waals surface area contributed by atoms with Crippen LogP contribution < -0.4 is 4.90 Å². The summed E-state index contributed by atoms with van der Waals surface area (Å²) in [4.78, 5) is 18.6. The van der Waals surface area contributed by atoms with E-state index in [1.165, 1.54) is 11.8 Å². The topological polar surface area (TPSA) is 63.9 Å². The number of anilines is 1. The zero-order valence-electron chi connectivity index (χ0n) is 15.9. The van der Waals surface area contributed by atoms with Gasteiger partial charge in [0.2, 0.25) is 5.91 Å². The molecule has 0 saturated carbocycles. The molecule has 6 nitrogen and oxygen atoms in total. The number of carbonyl (C=O) groups excluding carboxylic acids is 1. The van der Waals surface area contributed by atoms with Crippen LogP contribution in [0.15, 0.2) is 72.7 Å². The summed E-state index contributed by atoms with van der Waals surface area (Å²) in [5.41, 5.74) is 1.83. The Morgan fingerprint density at radius 1 is 1.18 bits per heavy atom. The molecule has 0 aliphatic rings. The van der Waals surface area contributed by atoms with Crippen LogP contribution in [0.5, 0.6) is 0 Å². The predicted octanol–water partition coefficient (Wildman–Crippen LogP) is 4.06. The van der Waals surface area contributed by atoms with Crippen molar-refractivity contribution >= 4 is 23.4 Å². The van der Waals surface area contributed by atoms with E-state index < -0.39 is 0 Å². The van der Waals surface area contributed by atoms with Crippen molar-refractivity contribution in [2.75, 3.05) is 17.2 Å². The maximum atomic E-state index is 12.8. The van der Waals surface area contributed by atoms with Gasteiger partial charge in [-0.1, -0.05) is 43.0 Å². The first-order chi connectivity index (χ1) is 13.7. The van der Waals surface area contributed by atoms with Crippen molar-refractivity contribution < 1.29 is 4.79 Å². The van der Waals surface area contributed by atoms with Crippen LogP contribution in [0.1, 0.15) is 13.3 Å². The molecule has 3 aromatic rings. The molecule has 0 atom stereocenters. The van der Waals surface area contributed by atoms with E-state index in [2.05, 4.69) is 33.3 Å². The Morgan fingerprint density at radius 2 is 1.93 bits per heavy atom. The molecule has 1 aromatic carbocycles. The van der Waals surface area contributed by atoms with Crippen molar-refractivity contribution in [3.8, 4) is 11.4 Å². The highest BCUT2D eigenvalue weighted by Gasteiger charge is 2.18. The molecule has 144 valence electrons. The van der Waals surface area contributed by atoms with E-state index in [4.69, 9.17) is 0 Å². The molecule has 2 heterocycles. The Bertz CT molecular complexity index is 911. The fourth-order valence-electron chi connectivity index (χ4n) is 2.83. The number of pyridine rings is 1. The second-order valence-electron chi connectivity index (χ2n) is 6.11. The van der Waals surface area contributed by atoms with Crippen molar-refractivity contribution in [1.82, 2.24) is 19.7 Å². The maximum Gasteiger partial charge on any atom is 0.237 e. The monoisotopic (exact) mass is 393 g/mol. The number of para-hydroxylation sites is 1. The Hall–Kier alpha value is -2.93. The van der Waals surface area contributed by atoms with E-state index >= 15 is 0 Å². The highest BCUT2D eigenvalue weighted by Crippen LogP contribution is 2.25. The minimum absolute atomic E-state index is 0.00705. The van der Waals surface area contributed by atoms with Crippen LogP contribution in [0, 0.1) is 0 Å². The number of thioether (sulfide) groups is 1. The molecule has 3 rings (SSSR count). The van der Waals surface area contributed by atoms with Crippen LogP contribution in [0.4, 0.5) is 5.69 Å². The number of rotatable bonds is 9. The zero-order chi connectivity index (χ0) is 19.8. The van der Waals surface area contributed by atoms with Gasteiger partial charge in [-0.2, -0.15) is 0 Å². The molecule has 0 bridgehead atoms. The normalized spacial score (nSPS) is 10.6. The van der Waals surface area contributed by atoms with Gasteiger partial charge < -0.3 is 9.47 Å². The number of amides is 1. The summed E-state index contributed by atoms with van der Waals surface area (Å²) >= 11 is 1.41. The van der Waals surface area contributed by atoms with Gasteiger partial charge in [-0.05, 0) is 30.7 Å². The molecule has 0 aliphatic carbocycles. The number of carbonyl (C=O) groups is 1. The molecule has 0 unspecified atom stereocenters. The minimum atomic E-state index is 0.00705. The first-order valence-electron chi connectivity index (χ1n) is 9.17. The van der Waals surface area contributed by atoms with Gasteiger partial charge in [0.25, 0.3) is 0 Å². The molecule has 28 heavy (non-hydrogen) atoms. The summed E-state index contributed by atoms with van der Waals surface area (Å²) < 4.78 is 2.06. The summed E-state index contributed by atoms with van der Waals surface area (Å²) in [7, 11) is 0. The molecule has 1 amide bonds. The molecule has 0 aliphatic heterocycles. The van der Waals surface area contributed by atoms with Gasteiger partial charge in [-0.25, -0.2) is 0 Å². The van der Waals surface area contributed by atoms with Crippen molar-refractivity contribution in [3.63, 3.8) is 0 Å². The van der Waals surface area contributed by atoms with Crippen LogP contribution in [0.2, 0.25) is 0 Å². The zero-order valence-corrected chi connectivity index (χ0v) is 16.7. The Labute approximate surface area is 169 Å². The number of benzene rings is 1. The van der Waals surface area contributed by atoms with E-state index in [-0.39, 0.29) is 11.7 Å². The third-order valence-electron chi connectivity index (χ3n) is 4.11.